The lowest BCUT2D eigenvalue weighted by Gasteiger charge is -2.36. The lowest BCUT2D eigenvalue weighted by Crippen LogP contribution is -2.43. The summed E-state index contributed by atoms with van der Waals surface area (Å²) in [5.41, 5.74) is 1.96. The van der Waals surface area contributed by atoms with Gasteiger partial charge < -0.3 is 14.4 Å². The minimum atomic E-state index is -0.358. The number of nitrogens with zero attached hydrogens (tertiary/aromatic N) is 1. The van der Waals surface area contributed by atoms with E-state index in [-0.39, 0.29) is 24.0 Å². The van der Waals surface area contributed by atoms with Crippen molar-refractivity contribution in [3.05, 3.63) is 65.7 Å². The molecule has 0 spiro atoms. The fraction of sp³-hybridized carbons (Fsp3) is 0.440. The summed E-state index contributed by atoms with van der Waals surface area (Å²) in [5, 5.41) is 0. The Hall–Kier alpha value is -2.66. The van der Waals surface area contributed by atoms with Crippen molar-refractivity contribution in [3.63, 3.8) is 0 Å². The van der Waals surface area contributed by atoms with Crippen molar-refractivity contribution in [3.8, 4) is 5.75 Å². The molecule has 4 atom stereocenters. The SMILES string of the molecule is CC(=O)Oc1ccc(CC(C(=O)OC2C[C@H]3CC[C@@H](C2)N3C)c2ccccc2)cc1. The van der Waals surface area contributed by atoms with E-state index in [1.807, 2.05) is 42.5 Å². The molecule has 158 valence electrons. The summed E-state index contributed by atoms with van der Waals surface area (Å²) in [5.74, 6) is -0.352. The van der Waals surface area contributed by atoms with Gasteiger partial charge >= 0.3 is 11.9 Å². The molecule has 2 heterocycles. The second kappa shape index (κ2) is 9.00. The second-order valence-corrected chi connectivity index (χ2v) is 8.49. The Labute approximate surface area is 178 Å². The van der Waals surface area contributed by atoms with Crippen LogP contribution in [-0.2, 0) is 20.7 Å². The average molecular weight is 408 g/mol. The van der Waals surface area contributed by atoms with Gasteiger partial charge in [0.25, 0.3) is 0 Å². The molecule has 2 aliphatic rings. The van der Waals surface area contributed by atoms with Crippen molar-refractivity contribution < 1.29 is 19.1 Å². The van der Waals surface area contributed by atoms with E-state index in [0.717, 1.165) is 24.0 Å². The molecule has 0 aromatic heterocycles. The van der Waals surface area contributed by atoms with Crippen LogP contribution in [0.3, 0.4) is 0 Å². The van der Waals surface area contributed by atoms with Gasteiger partial charge in [0, 0.05) is 19.0 Å². The molecule has 0 amide bonds. The molecule has 2 aromatic rings. The molecule has 2 fully saturated rings. The zero-order valence-electron chi connectivity index (χ0n) is 17.6. The van der Waals surface area contributed by atoms with Crippen LogP contribution in [0, 0.1) is 0 Å². The molecule has 30 heavy (non-hydrogen) atoms. The third-order valence-corrected chi connectivity index (χ3v) is 6.45. The first-order chi connectivity index (χ1) is 14.5. The standard InChI is InChI=1S/C25H29NO4/c1-17(27)29-22-12-8-18(9-13-22)14-24(19-6-4-3-5-7-19)25(28)30-23-15-20-10-11-21(16-23)26(20)2/h3-9,12-13,20-21,23-24H,10-11,14-16H2,1-2H3/t20-,21+,23?,24?. The number of hydrogen-bond donors (Lipinski definition) is 0. The highest BCUT2D eigenvalue weighted by Crippen LogP contribution is 2.36. The van der Waals surface area contributed by atoms with Crippen molar-refractivity contribution in [2.45, 2.75) is 63.1 Å². The van der Waals surface area contributed by atoms with Gasteiger partial charge in [-0.2, -0.15) is 0 Å². The van der Waals surface area contributed by atoms with Gasteiger partial charge in [-0.3, -0.25) is 9.59 Å². The van der Waals surface area contributed by atoms with Gasteiger partial charge in [-0.1, -0.05) is 42.5 Å². The Bertz CT molecular complexity index is 866. The number of rotatable bonds is 6. The molecule has 0 radical (unpaired) electrons. The third-order valence-electron chi connectivity index (χ3n) is 6.45. The van der Waals surface area contributed by atoms with E-state index < -0.39 is 0 Å². The van der Waals surface area contributed by atoms with E-state index in [1.54, 1.807) is 12.1 Å². The van der Waals surface area contributed by atoms with Crippen LogP contribution in [0.4, 0.5) is 0 Å². The molecule has 4 rings (SSSR count). The predicted octanol–water partition coefficient (Wildman–Crippen LogP) is 4.11. The van der Waals surface area contributed by atoms with Gasteiger partial charge in [0.2, 0.25) is 0 Å². The van der Waals surface area contributed by atoms with Crippen LogP contribution in [0.5, 0.6) is 5.75 Å². The highest BCUT2D eigenvalue weighted by Gasteiger charge is 2.40. The van der Waals surface area contributed by atoms with Crippen LogP contribution < -0.4 is 4.74 Å². The van der Waals surface area contributed by atoms with Crippen LogP contribution in [0.2, 0.25) is 0 Å². The van der Waals surface area contributed by atoms with E-state index >= 15 is 0 Å². The molecule has 2 unspecified atom stereocenters. The summed E-state index contributed by atoms with van der Waals surface area (Å²) in [6.45, 7) is 1.38. The van der Waals surface area contributed by atoms with Crippen LogP contribution in [0.25, 0.3) is 0 Å². The number of carbonyl (C=O) groups excluding carboxylic acids is 2. The number of piperidine rings is 1. The van der Waals surface area contributed by atoms with Crippen LogP contribution in [0.1, 0.15) is 49.7 Å². The lowest BCUT2D eigenvalue weighted by molar-refractivity contribution is -0.154. The molecule has 2 saturated heterocycles. The lowest BCUT2D eigenvalue weighted by atomic mass is 9.91. The Kier molecular flexibility index (Phi) is 6.18. The van der Waals surface area contributed by atoms with E-state index in [2.05, 4.69) is 11.9 Å². The first kappa shape index (κ1) is 20.6. The maximum absolute atomic E-state index is 13.2. The third kappa shape index (κ3) is 4.73. The second-order valence-electron chi connectivity index (χ2n) is 8.49. The average Bonchev–Trinajstić information content (AvgIpc) is 2.94. The predicted molar refractivity (Wildman–Crippen MR) is 114 cm³/mol. The molecule has 2 aliphatic heterocycles. The molecule has 2 bridgehead atoms. The summed E-state index contributed by atoms with van der Waals surface area (Å²) in [7, 11) is 2.19. The Morgan fingerprint density at radius 3 is 2.23 bits per heavy atom. The number of hydrogen-bond acceptors (Lipinski definition) is 5. The maximum Gasteiger partial charge on any atom is 0.314 e. The van der Waals surface area contributed by atoms with Crippen molar-refractivity contribution in [2.24, 2.45) is 0 Å². The van der Waals surface area contributed by atoms with Crippen LogP contribution in [-0.4, -0.2) is 42.1 Å². The number of fused-ring (bicyclic) bond motifs is 2. The summed E-state index contributed by atoms with van der Waals surface area (Å²) in [6.07, 6.45) is 4.80. The topological polar surface area (TPSA) is 55.8 Å². The van der Waals surface area contributed by atoms with Gasteiger partial charge in [-0.25, -0.2) is 0 Å². The highest BCUT2D eigenvalue weighted by molar-refractivity contribution is 5.79. The summed E-state index contributed by atoms with van der Waals surface area (Å²) >= 11 is 0. The molecule has 5 heteroatoms. The first-order valence-electron chi connectivity index (χ1n) is 10.7. The van der Waals surface area contributed by atoms with Crippen molar-refractivity contribution >= 4 is 11.9 Å². The van der Waals surface area contributed by atoms with Gasteiger partial charge in [-0.15, -0.1) is 0 Å². The minimum absolute atomic E-state index is 0.00348. The smallest absolute Gasteiger partial charge is 0.314 e. The molecule has 5 nitrogen and oxygen atoms in total. The minimum Gasteiger partial charge on any atom is -0.462 e. The largest absolute Gasteiger partial charge is 0.462 e. The Morgan fingerprint density at radius 1 is 1.00 bits per heavy atom. The van der Waals surface area contributed by atoms with E-state index in [0.29, 0.717) is 24.3 Å². The summed E-state index contributed by atoms with van der Waals surface area (Å²) in [6, 6.07) is 18.2. The van der Waals surface area contributed by atoms with E-state index in [9.17, 15) is 9.59 Å². The van der Waals surface area contributed by atoms with Crippen molar-refractivity contribution in [2.75, 3.05) is 7.05 Å². The van der Waals surface area contributed by atoms with Crippen LogP contribution >= 0.6 is 0 Å². The molecule has 0 saturated carbocycles. The van der Waals surface area contributed by atoms with E-state index in [1.165, 1.54) is 19.8 Å². The monoisotopic (exact) mass is 407 g/mol. The number of carbonyl (C=O) groups is 2. The first-order valence-corrected chi connectivity index (χ1v) is 10.7. The van der Waals surface area contributed by atoms with Gasteiger partial charge in [0.05, 0.1) is 5.92 Å². The normalized spacial score (nSPS) is 24.3. The molecular weight excluding hydrogens is 378 g/mol. The molecule has 0 N–H and O–H groups in total. The number of ether oxygens (including phenoxy) is 2. The Balaban J connectivity index is 1.47. The Morgan fingerprint density at radius 2 is 1.63 bits per heavy atom. The summed E-state index contributed by atoms with van der Waals surface area (Å²) < 4.78 is 11.2. The van der Waals surface area contributed by atoms with E-state index in [4.69, 9.17) is 9.47 Å². The fourth-order valence-electron chi connectivity index (χ4n) is 4.82. The zero-order chi connectivity index (χ0) is 21.1. The quantitative estimate of drug-likeness (QED) is 0.533. The van der Waals surface area contributed by atoms with Crippen LogP contribution in [0.15, 0.2) is 54.6 Å². The fourth-order valence-corrected chi connectivity index (χ4v) is 4.82. The number of benzene rings is 2. The molecular formula is C25H29NO4. The highest BCUT2D eigenvalue weighted by atomic mass is 16.5. The van der Waals surface area contributed by atoms with Gasteiger partial charge in [0.1, 0.15) is 11.9 Å². The molecule has 2 aromatic carbocycles. The van der Waals surface area contributed by atoms with Crippen molar-refractivity contribution in [1.29, 1.82) is 0 Å². The summed E-state index contributed by atoms with van der Waals surface area (Å²) in [4.78, 5) is 26.8. The van der Waals surface area contributed by atoms with Gasteiger partial charge in [0.15, 0.2) is 0 Å². The number of esters is 2. The maximum atomic E-state index is 13.2. The zero-order valence-corrected chi connectivity index (χ0v) is 17.6. The van der Waals surface area contributed by atoms with Gasteiger partial charge in [-0.05, 0) is 62.4 Å². The molecule has 0 aliphatic carbocycles. The van der Waals surface area contributed by atoms with Crippen molar-refractivity contribution in [1.82, 2.24) is 4.90 Å².